The minimum atomic E-state index is 0.0981. The highest BCUT2D eigenvalue weighted by Gasteiger charge is 2.30. The molecular weight excluding hydrogens is 142 g/mol. The summed E-state index contributed by atoms with van der Waals surface area (Å²) < 4.78 is 5.28. The van der Waals surface area contributed by atoms with Crippen LogP contribution in [0.15, 0.2) is 29.5 Å². The molecule has 0 aromatic rings. The van der Waals surface area contributed by atoms with Gasteiger partial charge in [-0.2, -0.15) is 0 Å². The maximum Gasteiger partial charge on any atom is 0.233 e. The number of nitrogens with zero attached hydrogens (tertiary/aromatic N) is 1. The zero-order valence-corrected chi connectivity index (χ0v) is 5.97. The minimum Gasteiger partial charge on any atom is -0.471 e. The second-order valence-corrected chi connectivity index (χ2v) is 2.71. The van der Waals surface area contributed by atoms with Gasteiger partial charge in [0.05, 0.1) is 5.92 Å². The normalized spacial score (nSPS) is 37.3. The van der Waals surface area contributed by atoms with Gasteiger partial charge in [0.1, 0.15) is 6.10 Å². The van der Waals surface area contributed by atoms with Crippen LogP contribution in [0.5, 0.6) is 0 Å². The van der Waals surface area contributed by atoms with E-state index in [2.05, 4.69) is 5.16 Å². The van der Waals surface area contributed by atoms with Crippen molar-refractivity contribution in [3.8, 4) is 0 Å². The van der Waals surface area contributed by atoms with Crippen LogP contribution >= 0.6 is 0 Å². The SMILES string of the molecule is ON=C1OC2C=CC=CC1C2. The third kappa shape index (κ3) is 1.02. The molecule has 1 N–H and O–H groups in total. The van der Waals surface area contributed by atoms with Crippen molar-refractivity contribution in [2.24, 2.45) is 11.1 Å². The Kier molecular flexibility index (Phi) is 1.42. The van der Waals surface area contributed by atoms with Gasteiger partial charge in [-0.05, 0) is 6.08 Å². The van der Waals surface area contributed by atoms with E-state index in [-0.39, 0.29) is 12.0 Å². The third-order valence-corrected chi connectivity index (χ3v) is 1.95. The molecule has 1 fully saturated rings. The van der Waals surface area contributed by atoms with Gasteiger partial charge in [-0.15, -0.1) is 0 Å². The fraction of sp³-hybridized carbons (Fsp3) is 0.375. The summed E-state index contributed by atoms with van der Waals surface area (Å²) in [6, 6.07) is 0. The van der Waals surface area contributed by atoms with Crippen molar-refractivity contribution in [1.29, 1.82) is 0 Å². The number of hydrogen-bond donors (Lipinski definition) is 1. The van der Waals surface area contributed by atoms with Crippen LogP contribution in [-0.4, -0.2) is 17.2 Å². The summed E-state index contributed by atoms with van der Waals surface area (Å²) in [5, 5.41) is 11.6. The van der Waals surface area contributed by atoms with Crippen molar-refractivity contribution in [3.05, 3.63) is 24.3 Å². The molecular formula is C8H9NO2. The summed E-state index contributed by atoms with van der Waals surface area (Å²) >= 11 is 0. The molecule has 3 nitrogen and oxygen atoms in total. The molecule has 1 heterocycles. The van der Waals surface area contributed by atoms with Gasteiger partial charge in [0, 0.05) is 6.42 Å². The Balaban J connectivity index is 2.27. The number of oxime groups is 1. The highest BCUT2D eigenvalue weighted by atomic mass is 16.5. The first-order chi connectivity index (χ1) is 5.40. The lowest BCUT2D eigenvalue weighted by Gasteiger charge is -2.02. The summed E-state index contributed by atoms with van der Waals surface area (Å²) in [6.45, 7) is 0. The van der Waals surface area contributed by atoms with E-state index < -0.39 is 0 Å². The van der Waals surface area contributed by atoms with E-state index >= 15 is 0 Å². The highest BCUT2D eigenvalue weighted by molar-refractivity contribution is 5.82. The van der Waals surface area contributed by atoms with Gasteiger partial charge >= 0.3 is 0 Å². The molecule has 2 atom stereocenters. The molecule has 2 aliphatic rings. The largest absolute Gasteiger partial charge is 0.471 e. The zero-order chi connectivity index (χ0) is 7.68. The second kappa shape index (κ2) is 2.42. The van der Waals surface area contributed by atoms with E-state index in [1.807, 2.05) is 24.3 Å². The molecule has 3 heteroatoms. The van der Waals surface area contributed by atoms with Gasteiger partial charge < -0.3 is 9.94 Å². The maximum absolute atomic E-state index is 8.51. The summed E-state index contributed by atoms with van der Waals surface area (Å²) in [5.74, 6) is 0.607. The van der Waals surface area contributed by atoms with Crippen LogP contribution in [0.3, 0.4) is 0 Å². The number of fused-ring (bicyclic) bond motifs is 2. The van der Waals surface area contributed by atoms with Crippen LogP contribution in [0.4, 0.5) is 0 Å². The first kappa shape index (κ1) is 6.46. The third-order valence-electron chi connectivity index (χ3n) is 1.95. The summed E-state index contributed by atoms with van der Waals surface area (Å²) in [5.41, 5.74) is 0. The molecule has 1 saturated heterocycles. The van der Waals surface area contributed by atoms with Gasteiger partial charge in [-0.25, -0.2) is 0 Å². The van der Waals surface area contributed by atoms with E-state index in [0.717, 1.165) is 6.42 Å². The maximum atomic E-state index is 8.51. The summed E-state index contributed by atoms with van der Waals surface area (Å²) in [6.07, 6.45) is 8.86. The van der Waals surface area contributed by atoms with Crippen LogP contribution in [0.2, 0.25) is 0 Å². The molecule has 0 spiro atoms. The average Bonchev–Trinajstić information content (AvgIpc) is 2.22. The fourth-order valence-corrected chi connectivity index (χ4v) is 1.40. The van der Waals surface area contributed by atoms with E-state index in [9.17, 15) is 0 Å². The van der Waals surface area contributed by atoms with Crippen molar-refractivity contribution in [2.45, 2.75) is 12.5 Å². The van der Waals surface area contributed by atoms with Gasteiger partial charge in [0.25, 0.3) is 0 Å². The van der Waals surface area contributed by atoms with Crippen molar-refractivity contribution >= 4 is 5.90 Å². The highest BCUT2D eigenvalue weighted by Crippen LogP contribution is 2.26. The second-order valence-electron chi connectivity index (χ2n) is 2.71. The predicted molar refractivity (Wildman–Crippen MR) is 40.5 cm³/mol. The topological polar surface area (TPSA) is 41.8 Å². The Labute approximate surface area is 64.7 Å². The van der Waals surface area contributed by atoms with Crippen LogP contribution in [0.25, 0.3) is 0 Å². The van der Waals surface area contributed by atoms with E-state index in [1.54, 1.807) is 0 Å². The smallest absolute Gasteiger partial charge is 0.233 e. The Morgan fingerprint density at radius 1 is 1.45 bits per heavy atom. The lowest BCUT2D eigenvalue weighted by molar-refractivity contribution is 0.239. The molecule has 0 aromatic carbocycles. The summed E-state index contributed by atoms with van der Waals surface area (Å²) in [4.78, 5) is 0. The van der Waals surface area contributed by atoms with E-state index in [0.29, 0.717) is 5.90 Å². The number of allylic oxidation sites excluding steroid dienone is 2. The molecule has 0 saturated carbocycles. The van der Waals surface area contributed by atoms with Crippen molar-refractivity contribution < 1.29 is 9.94 Å². The number of ether oxygens (including phenoxy) is 1. The molecule has 11 heavy (non-hydrogen) atoms. The van der Waals surface area contributed by atoms with Crippen molar-refractivity contribution in [2.75, 3.05) is 0 Å². The molecule has 0 radical (unpaired) electrons. The Hall–Kier alpha value is -1.25. The van der Waals surface area contributed by atoms with Crippen molar-refractivity contribution in [3.63, 3.8) is 0 Å². The van der Waals surface area contributed by atoms with Crippen LogP contribution < -0.4 is 0 Å². The first-order valence-electron chi connectivity index (χ1n) is 3.64. The minimum absolute atomic E-state index is 0.0981. The molecule has 0 amide bonds. The van der Waals surface area contributed by atoms with Crippen molar-refractivity contribution in [1.82, 2.24) is 0 Å². The first-order valence-corrected chi connectivity index (χ1v) is 3.64. The Morgan fingerprint density at radius 2 is 2.27 bits per heavy atom. The molecule has 0 aromatic heterocycles. The Morgan fingerprint density at radius 3 is 3.09 bits per heavy atom. The number of rotatable bonds is 0. The predicted octanol–water partition coefficient (Wildman–Crippen LogP) is 1.31. The molecule has 2 unspecified atom stereocenters. The van der Waals surface area contributed by atoms with Crippen LogP contribution in [0.1, 0.15) is 6.42 Å². The molecule has 2 rings (SSSR count). The van der Waals surface area contributed by atoms with Crippen LogP contribution in [0, 0.1) is 5.92 Å². The van der Waals surface area contributed by atoms with Crippen LogP contribution in [-0.2, 0) is 4.74 Å². The quantitative estimate of drug-likeness (QED) is 0.419. The summed E-state index contributed by atoms with van der Waals surface area (Å²) in [7, 11) is 0. The van der Waals surface area contributed by atoms with E-state index in [1.165, 1.54) is 0 Å². The standard InChI is InChI=1S/C8H9NO2/c10-9-8-6-3-1-2-4-7(5-6)11-8/h1-4,6-7,10H,5H2. The molecule has 1 aliphatic heterocycles. The molecule has 1 aliphatic carbocycles. The van der Waals surface area contributed by atoms with E-state index in [4.69, 9.17) is 9.94 Å². The lowest BCUT2D eigenvalue weighted by Crippen LogP contribution is -2.06. The fourth-order valence-electron chi connectivity index (χ4n) is 1.40. The Bertz CT molecular complexity index is 242. The lowest BCUT2D eigenvalue weighted by atomic mass is 10.1. The van der Waals surface area contributed by atoms with Gasteiger partial charge in [0.2, 0.25) is 5.90 Å². The molecule has 2 bridgehead atoms. The van der Waals surface area contributed by atoms with Gasteiger partial charge in [-0.1, -0.05) is 23.4 Å². The number of hydrogen-bond acceptors (Lipinski definition) is 3. The van der Waals surface area contributed by atoms with Gasteiger partial charge in [-0.3, -0.25) is 0 Å². The van der Waals surface area contributed by atoms with Gasteiger partial charge in [0.15, 0.2) is 0 Å². The zero-order valence-electron chi connectivity index (χ0n) is 5.97. The monoisotopic (exact) mass is 151 g/mol. The average molecular weight is 151 g/mol. The molecule has 58 valence electrons.